The summed E-state index contributed by atoms with van der Waals surface area (Å²) in [5.74, 6) is -1.76. The number of nitrogens with zero attached hydrogens (tertiary/aromatic N) is 1. The molecular formula is C44H81NO7. The standard InChI is InChI=1S/C44H81NO7/c1-6-8-10-12-14-16-18-20-21-23-24-26-28-30-32-34-42(46)51-39-40(38-50-37-36-41(44(48)49)45(3,4)5)52-43(47)35-33-31-29-27-25-22-19-17-15-13-11-9-7-2/h16,18,22,25,40-41H,6-15,17,19-21,23-24,26-39H2,1-5H3/b18-16+,25-22+. The number of allylic oxidation sites excluding steroid dienone is 4. The van der Waals surface area contributed by atoms with E-state index in [-0.39, 0.29) is 42.7 Å². The number of carbonyl (C=O) groups is 3. The van der Waals surface area contributed by atoms with Crippen LogP contribution >= 0.6 is 0 Å². The lowest BCUT2D eigenvalue weighted by atomic mass is 10.1. The van der Waals surface area contributed by atoms with Crippen LogP contribution in [0, 0.1) is 0 Å². The Balaban J connectivity index is 4.38. The highest BCUT2D eigenvalue weighted by Gasteiger charge is 2.25. The quantitative estimate of drug-likeness (QED) is 0.0269. The highest BCUT2D eigenvalue weighted by atomic mass is 16.6. The molecule has 0 bridgehead atoms. The Morgan fingerprint density at radius 1 is 0.558 bits per heavy atom. The summed E-state index contributed by atoms with van der Waals surface area (Å²) < 4.78 is 17.1. The van der Waals surface area contributed by atoms with Crippen molar-refractivity contribution < 1.29 is 38.2 Å². The van der Waals surface area contributed by atoms with Crippen molar-refractivity contribution in [1.29, 1.82) is 0 Å². The summed E-state index contributed by atoms with van der Waals surface area (Å²) in [5, 5.41) is 11.6. The van der Waals surface area contributed by atoms with E-state index in [0.717, 1.165) is 51.4 Å². The average Bonchev–Trinajstić information content (AvgIpc) is 3.09. The van der Waals surface area contributed by atoms with E-state index in [2.05, 4.69) is 38.2 Å². The molecule has 304 valence electrons. The Morgan fingerprint density at radius 3 is 1.42 bits per heavy atom. The third-order valence-electron chi connectivity index (χ3n) is 9.56. The van der Waals surface area contributed by atoms with E-state index in [4.69, 9.17) is 14.2 Å². The fraction of sp³-hybridized carbons (Fsp3) is 0.841. The van der Waals surface area contributed by atoms with Gasteiger partial charge in [0.05, 0.1) is 40.3 Å². The third-order valence-corrected chi connectivity index (χ3v) is 9.56. The maximum Gasteiger partial charge on any atom is 0.306 e. The van der Waals surface area contributed by atoms with Gasteiger partial charge in [-0.1, -0.05) is 128 Å². The highest BCUT2D eigenvalue weighted by Crippen LogP contribution is 2.13. The van der Waals surface area contributed by atoms with Crippen molar-refractivity contribution in [2.75, 3.05) is 41.0 Å². The van der Waals surface area contributed by atoms with Gasteiger partial charge in [0, 0.05) is 19.3 Å². The molecule has 8 nitrogen and oxygen atoms in total. The predicted octanol–water partition coefficient (Wildman–Crippen LogP) is 9.97. The van der Waals surface area contributed by atoms with Gasteiger partial charge in [-0.3, -0.25) is 9.59 Å². The second kappa shape index (κ2) is 35.8. The molecule has 0 aliphatic rings. The first-order chi connectivity index (χ1) is 25.1. The first-order valence-electron chi connectivity index (χ1n) is 21.4. The smallest absolute Gasteiger partial charge is 0.306 e. The summed E-state index contributed by atoms with van der Waals surface area (Å²) >= 11 is 0. The van der Waals surface area contributed by atoms with Crippen LogP contribution in [0.15, 0.2) is 24.3 Å². The summed E-state index contributed by atoms with van der Waals surface area (Å²) in [4.78, 5) is 36.8. The molecule has 0 N–H and O–H groups in total. The van der Waals surface area contributed by atoms with Crippen LogP contribution in [0.4, 0.5) is 0 Å². The van der Waals surface area contributed by atoms with Crippen LogP contribution in [0.2, 0.25) is 0 Å². The van der Waals surface area contributed by atoms with Crippen molar-refractivity contribution in [3.8, 4) is 0 Å². The van der Waals surface area contributed by atoms with Gasteiger partial charge in [0.25, 0.3) is 0 Å². The molecule has 0 aromatic carbocycles. The second-order valence-corrected chi connectivity index (χ2v) is 15.6. The monoisotopic (exact) mass is 736 g/mol. The average molecular weight is 736 g/mol. The molecule has 0 fully saturated rings. The van der Waals surface area contributed by atoms with Crippen molar-refractivity contribution in [1.82, 2.24) is 0 Å². The predicted molar refractivity (Wildman–Crippen MR) is 213 cm³/mol. The van der Waals surface area contributed by atoms with Crippen LogP contribution < -0.4 is 5.11 Å². The lowest BCUT2D eigenvalue weighted by molar-refractivity contribution is -0.889. The molecule has 0 saturated carbocycles. The Bertz CT molecular complexity index is 911. The number of rotatable bonds is 38. The number of quaternary nitrogens is 1. The number of esters is 2. The van der Waals surface area contributed by atoms with Crippen LogP contribution in [0.1, 0.15) is 187 Å². The first-order valence-corrected chi connectivity index (χ1v) is 21.4. The number of hydrogen-bond acceptors (Lipinski definition) is 7. The molecule has 2 unspecified atom stereocenters. The van der Waals surface area contributed by atoms with Crippen LogP contribution in [0.3, 0.4) is 0 Å². The lowest BCUT2D eigenvalue weighted by Gasteiger charge is -2.34. The molecule has 52 heavy (non-hydrogen) atoms. The highest BCUT2D eigenvalue weighted by molar-refractivity contribution is 5.70. The zero-order valence-electron chi connectivity index (χ0n) is 34.5. The SMILES string of the molecule is CCCCCC/C=C/CCCCCCCCCC(=O)OCC(COCCC(C(=O)[O-])[N+](C)(C)C)OC(=O)CCCCC/C=C/CCCCCCCC. The van der Waals surface area contributed by atoms with Gasteiger partial charge in [0.1, 0.15) is 12.6 Å². The van der Waals surface area contributed by atoms with E-state index < -0.39 is 18.1 Å². The van der Waals surface area contributed by atoms with Gasteiger partial charge < -0.3 is 28.6 Å². The van der Waals surface area contributed by atoms with Crippen LogP contribution in [0.5, 0.6) is 0 Å². The fourth-order valence-electron chi connectivity index (χ4n) is 6.18. The van der Waals surface area contributed by atoms with E-state index in [1.54, 1.807) is 21.1 Å². The Morgan fingerprint density at radius 2 is 0.962 bits per heavy atom. The molecule has 8 heteroatoms. The van der Waals surface area contributed by atoms with Gasteiger partial charge in [-0.15, -0.1) is 0 Å². The summed E-state index contributed by atoms with van der Waals surface area (Å²) in [6.45, 7) is 4.62. The molecule has 0 aromatic heterocycles. The van der Waals surface area contributed by atoms with Crippen LogP contribution in [-0.4, -0.2) is 75.5 Å². The maximum atomic E-state index is 12.7. The lowest BCUT2D eigenvalue weighted by Crippen LogP contribution is -2.55. The van der Waals surface area contributed by atoms with Crippen LogP contribution in [0.25, 0.3) is 0 Å². The van der Waals surface area contributed by atoms with E-state index >= 15 is 0 Å². The van der Waals surface area contributed by atoms with Gasteiger partial charge in [0.15, 0.2) is 6.10 Å². The van der Waals surface area contributed by atoms with Gasteiger partial charge in [-0.05, 0) is 64.2 Å². The normalized spacial score (nSPS) is 13.2. The largest absolute Gasteiger partial charge is 0.544 e. The minimum absolute atomic E-state index is 0.0358. The van der Waals surface area contributed by atoms with Crippen molar-refractivity contribution in [2.45, 2.75) is 199 Å². The number of ether oxygens (including phenoxy) is 3. The number of aliphatic carboxylic acids is 1. The third kappa shape index (κ3) is 33.6. The molecule has 0 saturated heterocycles. The topological polar surface area (TPSA) is 102 Å². The minimum atomic E-state index is -1.13. The summed E-state index contributed by atoms with van der Waals surface area (Å²) in [5.41, 5.74) is 0. The van der Waals surface area contributed by atoms with Crippen molar-refractivity contribution >= 4 is 17.9 Å². The molecule has 0 rings (SSSR count). The molecule has 0 radical (unpaired) electrons. The zero-order chi connectivity index (χ0) is 38.5. The van der Waals surface area contributed by atoms with Gasteiger partial charge >= 0.3 is 11.9 Å². The summed E-state index contributed by atoms with van der Waals surface area (Å²) in [6, 6.07) is -0.726. The fourth-order valence-corrected chi connectivity index (χ4v) is 6.18. The van der Waals surface area contributed by atoms with E-state index in [1.807, 2.05) is 0 Å². The number of carboxylic acids is 1. The van der Waals surface area contributed by atoms with Gasteiger partial charge in [-0.2, -0.15) is 0 Å². The molecule has 0 aromatic rings. The molecule has 0 aliphatic heterocycles. The molecule has 0 heterocycles. The van der Waals surface area contributed by atoms with Crippen molar-refractivity contribution in [3.05, 3.63) is 24.3 Å². The van der Waals surface area contributed by atoms with Crippen molar-refractivity contribution in [3.63, 3.8) is 0 Å². The summed E-state index contributed by atoms with van der Waals surface area (Å²) in [6.07, 6.45) is 37.7. The van der Waals surface area contributed by atoms with Crippen molar-refractivity contribution in [2.24, 2.45) is 0 Å². The number of unbranched alkanes of at least 4 members (excludes halogenated alkanes) is 20. The van der Waals surface area contributed by atoms with E-state index in [0.29, 0.717) is 12.8 Å². The molecule has 0 aliphatic carbocycles. The Kier molecular flexibility index (Phi) is 34.3. The Hall–Kier alpha value is -2.19. The molecular weight excluding hydrogens is 654 g/mol. The zero-order valence-corrected chi connectivity index (χ0v) is 34.5. The molecule has 2 atom stereocenters. The van der Waals surface area contributed by atoms with E-state index in [1.165, 1.54) is 103 Å². The number of likely N-dealkylation sites (N-methyl/N-ethyl adjacent to an activating group) is 1. The van der Waals surface area contributed by atoms with Gasteiger partial charge in [-0.25, -0.2) is 0 Å². The van der Waals surface area contributed by atoms with E-state index in [9.17, 15) is 19.5 Å². The first kappa shape index (κ1) is 49.8. The molecule has 0 spiro atoms. The molecule has 0 amide bonds. The number of carboxylic acid groups (broad SMARTS) is 1. The van der Waals surface area contributed by atoms with Gasteiger partial charge in [0.2, 0.25) is 0 Å². The number of carbonyl (C=O) groups excluding carboxylic acids is 3. The minimum Gasteiger partial charge on any atom is -0.544 e. The Labute approximate surface area is 320 Å². The maximum absolute atomic E-state index is 12.7. The number of hydrogen-bond donors (Lipinski definition) is 0. The summed E-state index contributed by atoms with van der Waals surface area (Å²) in [7, 11) is 5.40. The second-order valence-electron chi connectivity index (χ2n) is 15.6. The van der Waals surface area contributed by atoms with Crippen LogP contribution in [-0.2, 0) is 28.6 Å².